The van der Waals surface area contributed by atoms with E-state index in [2.05, 4.69) is 15.6 Å². The van der Waals surface area contributed by atoms with Gasteiger partial charge in [-0.15, -0.1) is 0 Å². The highest BCUT2D eigenvalue weighted by molar-refractivity contribution is 5.82. The minimum absolute atomic E-state index is 0.145. The van der Waals surface area contributed by atoms with Crippen LogP contribution in [0.4, 0.5) is 0 Å². The molecule has 144 valence electrons. The van der Waals surface area contributed by atoms with Crippen LogP contribution in [-0.4, -0.2) is 41.3 Å². The van der Waals surface area contributed by atoms with Crippen molar-refractivity contribution in [3.8, 4) is 17.4 Å². The van der Waals surface area contributed by atoms with Crippen LogP contribution >= 0.6 is 0 Å². The van der Waals surface area contributed by atoms with Gasteiger partial charge in [-0.05, 0) is 31.0 Å². The van der Waals surface area contributed by atoms with Crippen molar-refractivity contribution < 1.29 is 19.4 Å². The number of amides is 1. The molecule has 7 heteroatoms. The van der Waals surface area contributed by atoms with Crippen molar-refractivity contribution in [1.29, 1.82) is 0 Å². The molecule has 2 unspecified atom stereocenters. The molecule has 2 heterocycles. The molecule has 1 fully saturated rings. The van der Waals surface area contributed by atoms with Crippen molar-refractivity contribution in [2.75, 3.05) is 13.2 Å². The SMILES string of the molecule is CCCOc1ccccc1Oc1ncccc1CNC(=O)C1CC(O)CN1. The molecule has 0 radical (unpaired) electrons. The average molecular weight is 371 g/mol. The van der Waals surface area contributed by atoms with Crippen LogP contribution in [0.1, 0.15) is 25.3 Å². The van der Waals surface area contributed by atoms with E-state index in [0.717, 1.165) is 12.0 Å². The molecular formula is C20H25N3O4. The Morgan fingerprint density at radius 2 is 2.11 bits per heavy atom. The molecule has 0 bridgehead atoms. The first-order chi connectivity index (χ1) is 13.2. The van der Waals surface area contributed by atoms with E-state index in [0.29, 0.717) is 37.0 Å². The largest absolute Gasteiger partial charge is 0.490 e. The Morgan fingerprint density at radius 3 is 2.85 bits per heavy atom. The predicted molar refractivity (Wildman–Crippen MR) is 101 cm³/mol. The molecule has 0 aliphatic carbocycles. The molecular weight excluding hydrogens is 346 g/mol. The number of aliphatic hydroxyl groups is 1. The van der Waals surface area contributed by atoms with Gasteiger partial charge in [0.15, 0.2) is 11.5 Å². The summed E-state index contributed by atoms with van der Waals surface area (Å²) in [5, 5.41) is 15.4. The number of rotatable bonds is 8. The maximum atomic E-state index is 12.2. The molecule has 0 saturated carbocycles. The molecule has 2 aromatic rings. The lowest BCUT2D eigenvalue weighted by atomic mass is 10.2. The smallest absolute Gasteiger partial charge is 0.237 e. The number of pyridine rings is 1. The Balaban J connectivity index is 1.67. The topological polar surface area (TPSA) is 92.7 Å². The highest BCUT2D eigenvalue weighted by Gasteiger charge is 2.27. The molecule has 3 N–H and O–H groups in total. The van der Waals surface area contributed by atoms with Crippen LogP contribution in [0.25, 0.3) is 0 Å². The second-order valence-corrected chi connectivity index (χ2v) is 6.43. The van der Waals surface area contributed by atoms with Gasteiger partial charge < -0.3 is 25.2 Å². The standard InChI is InChI=1S/C20H25N3O4/c1-2-10-26-17-7-3-4-8-18(17)27-20-14(6-5-9-21-20)12-23-19(25)16-11-15(24)13-22-16/h3-9,15-16,22,24H,2,10-13H2,1H3,(H,23,25). The molecule has 1 aliphatic heterocycles. The van der Waals surface area contributed by atoms with Crippen LogP contribution in [0.5, 0.6) is 17.4 Å². The van der Waals surface area contributed by atoms with Gasteiger partial charge in [0.05, 0.1) is 18.8 Å². The zero-order valence-electron chi connectivity index (χ0n) is 15.4. The van der Waals surface area contributed by atoms with Crippen LogP contribution in [-0.2, 0) is 11.3 Å². The Hall–Kier alpha value is -2.64. The van der Waals surface area contributed by atoms with E-state index in [1.54, 1.807) is 12.3 Å². The van der Waals surface area contributed by atoms with Gasteiger partial charge >= 0.3 is 0 Å². The third kappa shape index (κ3) is 5.18. The highest BCUT2D eigenvalue weighted by Crippen LogP contribution is 2.31. The quantitative estimate of drug-likeness (QED) is 0.657. The minimum Gasteiger partial charge on any atom is -0.490 e. The number of carbonyl (C=O) groups is 1. The number of ether oxygens (including phenoxy) is 2. The number of carbonyl (C=O) groups excluding carboxylic acids is 1. The van der Waals surface area contributed by atoms with Crippen LogP contribution in [0.2, 0.25) is 0 Å². The van der Waals surface area contributed by atoms with Gasteiger partial charge in [0, 0.05) is 24.8 Å². The lowest BCUT2D eigenvalue weighted by Gasteiger charge is -2.15. The Bertz CT molecular complexity index is 768. The number of hydrogen-bond donors (Lipinski definition) is 3. The van der Waals surface area contributed by atoms with Crippen LogP contribution in [0, 0.1) is 0 Å². The van der Waals surface area contributed by atoms with Gasteiger partial charge in [0.1, 0.15) is 0 Å². The third-order valence-corrected chi connectivity index (χ3v) is 4.24. The van der Waals surface area contributed by atoms with Gasteiger partial charge in [-0.2, -0.15) is 0 Å². The summed E-state index contributed by atoms with van der Waals surface area (Å²) in [4.78, 5) is 16.5. The molecule has 0 spiro atoms. The second kappa shape index (κ2) is 9.34. The Morgan fingerprint density at radius 1 is 1.30 bits per heavy atom. The summed E-state index contributed by atoms with van der Waals surface area (Å²) in [6, 6.07) is 10.7. The maximum Gasteiger partial charge on any atom is 0.237 e. The van der Waals surface area contributed by atoms with Gasteiger partial charge in [-0.3, -0.25) is 4.79 Å². The van der Waals surface area contributed by atoms with E-state index in [1.807, 2.05) is 37.3 Å². The Kier molecular flexibility index (Phi) is 6.62. The number of nitrogens with zero attached hydrogens (tertiary/aromatic N) is 1. The number of aliphatic hydroxyl groups excluding tert-OH is 1. The molecule has 1 aliphatic rings. The summed E-state index contributed by atoms with van der Waals surface area (Å²) in [5.41, 5.74) is 0.759. The normalized spacial score (nSPS) is 18.9. The Labute approximate surface area is 158 Å². The monoisotopic (exact) mass is 371 g/mol. The van der Waals surface area contributed by atoms with E-state index in [9.17, 15) is 9.90 Å². The molecule has 1 aromatic heterocycles. The second-order valence-electron chi connectivity index (χ2n) is 6.43. The van der Waals surface area contributed by atoms with Gasteiger partial charge in [-0.1, -0.05) is 25.1 Å². The first-order valence-electron chi connectivity index (χ1n) is 9.20. The van der Waals surface area contributed by atoms with Crippen molar-refractivity contribution >= 4 is 5.91 Å². The van der Waals surface area contributed by atoms with Gasteiger partial charge in [0.25, 0.3) is 0 Å². The summed E-state index contributed by atoms with van der Waals surface area (Å²) in [6.45, 7) is 3.37. The number of benzene rings is 1. The summed E-state index contributed by atoms with van der Waals surface area (Å²) in [5.74, 6) is 1.51. The molecule has 1 aromatic carbocycles. The lowest BCUT2D eigenvalue weighted by molar-refractivity contribution is -0.123. The molecule has 3 rings (SSSR count). The molecule has 1 amide bonds. The van der Waals surface area contributed by atoms with E-state index < -0.39 is 6.10 Å². The van der Waals surface area contributed by atoms with Crippen LogP contribution < -0.4 is 20.1 Å². The number of para-hydroxylation sites is 2. The van der Waals surface area contributed by atoms with Crippen molar-refractivity contribution in [2.45, 2.75) is 38.5 Å². The lowest BCUT2D eigenvalue weighted by Crippen LogP contribution is -2.40. The van der Waals surface area contributed by atoms with Crippen LogP contribution in [0.3, 0.4) is 0 Å². The number of hydrogen-bond acceptors (Lipinski definition) is 6. The van der Waals surface area contributed by atoms with Crippen molar-refractivity contribution in [3.05, 3.63) is 48.2 Å². The number of nitrogens with one attached hydrogen (secondary N) is 2. The zero-order valence-corrected chi connectivity index (χ0v) is 15.4. The zero-order chi connectivity index (χ0) is 19.1. The molecule has 2 atom stereocenters. The van der Waals surface area contributed by atoms with Crippen molar-refractivity contribution in [1.82, 2.24) is 15.6 Å². The predicted octanol–water partition coefficient (Wildman–Crippen LogP) is 2.00. The van der Waals surface area contributed by atoms with E-state index in [1.165, 1.54) is 0 Å². The average Bonchev–Trinajstić information content (AvgIpc) is 3.13. The number of β-amino-alcohol motifs (C(OH)–C–C–N with tert-alkyl or cyclic N) is 1. The summed E-state index contributed by atoms with van der Waals surface area (Å²) >= 11 is 0. The maximum absolute atomic E-state index is 12.2. The third-order valence-electron chi connectivity index (χ3n) is 4.24. The van der Waals surface area contributed by atoms with Crippen molar-refractivity contribution in [3.63, 3.8) is 0 Å². The van der Waals surface area contributed by atoms with E-state index >= 15 is 0 Å². The highest BCUT2D eigenvalue weighted by atomic mass is 16.5. The first kappa shape index (κ1) is 19.1. The minimum atomic E-state index is -0.474. The van der Waals surface area contributed by atoms with Gasteiger partial charge in [-0.25, -0.2) is 4.98 Å². The fourth-order valence-corrected chi connectivity index (χ4v) is 2.84. The van der Waals surface area contributed by atoms with Crippen LogP contribution in [0.15, 0.2) is 42.6 Å². The molecule has 7 nitrogen and oxygen atoms in total. The first-order valence-corrected chi connectivity index (χ1v) is 9.20. The van der Waals surface area contributed by atoms with E-state index in [4.69, 9.17) is 9.47 Å². The molecule has 1 saturated heterocycles. The fourth-order valence-electron chi connectivity index (χ4n) is 2.84. The summed E-state index contributed by atoms with van der Waals surface area (Å²) in [7, 11) is 0. The van der Waals surface area contributed by atoms with Gasteiger partial charge in [0.2, 0.25) is 11.8 Å². The summed E-state index contributed by atoms with van der Waals surface area (Å²) in [6.07, 6.45) is 2.49. The number of aromatic nitrogens is 1. The fraction of sp³-hybridized carbons (Fsp3) is 0.400. The van der Waals surface area contributed by atoms with Crippen molar-refractivity contribution in [2.24, 2.45) is 0 Å². The molecule has 27 heavy (non-hydrogen) atoms. The summed E-state index contributed by atoms with van der Waals surface area (Å²) < 4.78 is 11.7. The van der Waals surface area contributed by atoms with E-state index in [-0.39, 0.29) is 18.5 Å².